The average molecular weight is 405 g/mol. The number of rotatable bonds is 5. The van der Waals surface area contributed by atoms with Crippen LogP contribution in [0.1, 0.15) is 33.9 Å². The van der Waals surface area contributed by atoms with Crippen molar-refractivity contribution in [2.75, 3.05) is 16.8 Å². The number of amides is 2. The van der Waals surface area contributed by atoms with Gasteiger partial charge < -0.3 is 5.32 Å². The molecule has 3 aromatic heterocycles. The van der Waals surface area contributed by atoms with Crippen LogP contribution < -0.4 is 10.2 Å². The predicted octanol–water partition coefficient (Wildman–Crippen LogP) is 0.758. The molecule has 0 aromatic carbocycles. The van der Waals surface area contributed by atoms with Gasteiger partial charge in [-0.1, -0.05) is 5.21 Å². The van der Waals surface area contributed by atoms with Crippen molar-refractivity contribution >= 4 is 23.6 Å². The Bertz CT molecular complexity index is 1160. The average Bonchev–Trinajstić information content (AvgIpc) is 3.25. The zero-order valence-electron chi connectivity index (χ0n) is 16.5. The van der Waals surface area contributed by atoms with Crippen LogP contribution in [0.3, 0.4) is 0 Å². The Morgan fingerprint density at radius 3 is 2.77 bits per heavy atom. The minimum Gasteiger partial charge on any atom is -0.302 e. The van der Waals surface area contributed by atoms with Crippen LogP contribution in [0.4, 0.5) is 11.8 Å². The summed E-state index contributed by atoms with van der Waals surface area (Å²) >= 11 is 0. The molecule has 2 aliphatic rings. The van der Waals surface area contributed by atoms with Crippen LogP contribution in [0.2, 0.25) is 0 Å². The summed E-state index contributed by atoms with van der Waals surface area (Å²) in [7, 11) is 0. The molecule has 0 unspecified atom stereocenters. The van der Waals surface area contributed by atoms with E-state index in [0.29, 0.717) is 36.5 Å². The van der Waals surface area contributed by atoms with Crippen molar-refractivity contribution in [3.05, 3.63) is 47.4 Å². The number of nitrogens with zero attached hydrogens (tertiary/aromatic N) is 8. The predicted molar refractivity (Wildman–Crippen MR) is 105 cm³/mol. The molecule has 4 heterocycles. The van der Waals surface area contributed by atoms with Crippen LogP contribution in [-0.2, 0) is 11.3 Å². The van der Waals surface area contributed by atoms with E-state index < -0.39 is 5.91 Å². The molecular formula is C19H19N9O2. The fourth-order valence-electron chi connectivity index (χ4n) is 3.64. The van der Waals surface area contributed by atoms with E-state index in [-0.39, 0.29) is 17.5 Å². The second-order valence-electron chi connectivity index (χ2n) is 7.58. The second kappa shape index (κ2) is 6.94. The molecule has 1 aliphatic heterocycles. The molecular weight excluding hydrogens is 386 g/mol. The Morgan fingerprint density at radius 2 is 2.03 bits per heavy atom. The molecule has 2 atom stereocenters. The van der Waals surface area contributed by atoms with E-state index in [1.807, 2.05) is 6.92 Å². The first-order valence-electron chi connectivity index (χ1n) is 9.62. The minimum atomic E-state index is -0.398. The van der Waals surface area contributed by atoms with Gasteiger partial charge in [-0.2, -0.15) is 0 Å². The summed E-state index contributed by atoms with van der Waals surface area (Å²) in [6, 6.07) is 0. The standard InChI is InChI=1S/C19H19N9O2/c1-10-13(6-22-19(23-10)28-8-12-5-14(12)18(28)30)7-27-9-15(25-26-27)24-17(29)16-11(2)20-3-4-21-16/h3-4,6,9,12,14H,5,7-8H2,1-2H3,(H,24,29)/t12-,14-/m1/s1. The zero-order valence-corrected chi connectivity index (χ0v) is 16.5. The number of nitrogens with one attached hydrogen (secondary N) is 1. The summed E-state index contributed by atoms with van der Waals surface area (Å²) < 4.78 is 1.58. The van der Waals surface area contributed by atoms with Crippen LogP contribution in [0.5, 0.6) is 0 Å². The topological polar surface area (TPSA) is 132 Å². The molecule has 0 radical (unpaired) electrons. The molecule has 5 rings (SSSR count). The lowest BCUT2D eigenvalue weighted by Gasteiger charge is -2.17. The number of fused-ring (bicyclic) bond motifs is 1. The molecule has 1 saturated carbocycles. The molecule has 11 nitrogen and oxygen atoms in total. The van der Waals surface area contributed by atoms with Gasteiger partial charge in [-0.25, -0.2) is 19.6 Å². The lowest BCUT2D eigenvalue weighted by Crippen LogP contribution is -2.30. The highest BCUT2D eigenvalue weighted by Crippen LogP contribution is 2.46. The molecule has 152 valence electrons. The minimum absolute atomic E-state index is 0.127. The first kappa shape index (κ1) is 18.3. The van der Waals surface area contributed by atoms with Gasteiger partial charge in [-0.05, 0) is 26.2 Å². The molecule has 3 aromatic rings. The molecule has 0 bridgehead atoms. The number of hydrogen-bond donors (Lipinski definition) is 1. The van der Waals surface area contributed by atoms with E-state index in [1.165, 1.54) is 12.4 Å². The molecule has 0 spiro atoms. The summed E-state index contributed by atoms with van der Waals surface area (Å²) in [5.41, 5.74) is 2.39. The highest BCUT2D eigenvalue weighted by molar-refractivity contribution is 6.02. The van der Waals surface area contributed by atoms with Crippen LogP contribution in [-0.4, -0.2) is 53.3 Å². The van der Waals surface area contributed by atoms with E-state index in [0.717, 1.165) is 17.7 Å². The van der Waals surface area contributed by atoms with Gasteiger partial charge in [0.2, 0.25) is 11.9 Å². The largest absolute Gasteiger partial charge is 0.302 e. The summed E-state index contributed by atoms with van der Waals surface area (Å²) in [6.07, 6.45) is 7.31. The Morgan fingerprint density at radius 1 is 1.20 bits per heavy atom. The normalized spacial score (nSPS) is 19.7. The highest BCUT2D eigenvalue weighted by atomic mass is 16.2. The number of anilines is 2. The summed E-state index contributed by atoms with van der Waals surface area (Å²) in [5, 5.41) is 10.7. The van der Waals surface area contributed by atoms with Gasteiger partial charge in [-0.15, -0.1) is 5.10 Å². The van der Waals surface area contributed by atoms with Gasteiger partial charge in [0.15, 0.2) is 5.82 Å². The Balaban J connectivity index is 1.26. The monoisotopic (exact) mass is 405 g/mol. The molecule has 1 saturated heterocycles. The van der Waals surface area contributed by atoms with Crippen molar-refractivity contribution < 1.29 is 9.59 Å². The fraction of sp³-hybridized carbons (Fsp3) is 0.368. The van der Waals surface area contributed by atoms with Crippen LogP contribution in [0, 0.1) is 25.7 Å². The lowest BCUT2D eigenvalue weighted by atomic mass is 10.2. The zero-order chi connectivity index (χ0) is 20.8. The van der Waals surface area contributed by atoms with E-state index in [1.54, 1.807) is 28.9 Å². The number of aryl methyl sites for hydroxylation is 2. The number of hydrogen-bond acceptors (Lipinski definition) is 8. The maximum Gasteiger partial charge on any atom is 0.277 e. The molecule has 1 N–H and O–H groups in total. The molecule has 2 fully saturated rings. The third-order valence-corrected chi connectivity index (χ3v) is 5.44. The fourth-order valence-corrected chi connectivity index (χ4v) is 3.64. The quantitative estimate of drug-likeness (QED) is 0.658. The first-order chi connectivity index (χ1) is 14.5. The highest BCUT2D eigenvalue weighted by Gasteiger charge is 2.53. The molecule has 2 amide bonds. The van der Waals surface area contributed by atoms with Crippen molar-refractivity contribution in [1.29, 1.82) is 0 Å². The van der Waals surface area contributed by atoms with Crippen molar-refractivity contribution in [2.45, 2.75) is 26.8 Å². The maximum atomic E-state index is 12.3. The summed E-state index contributed by atoms with van der Waals surface area (Å²) in [4.78, 5) is 43.2. The lowest BCUT2D eigenvalue weighted by molar-refractivity contribution is -0.118. The maximum absolute atomic E-state index is 12.3. The first-order valence-corrected chi connectivity index (χ1v) is 9.62. The second-order valence-corrected chi connectivity index (χ2v) is 7.58. The number of piperidine rings is 1. The van der Waals surface area contributed by atoms with Crippen LogP contribution >= 0.6 is 0 Å². The van der Waals surface area contributed by atoms with E-state index in [9.17, 15) is 9.59 Å². The summed E-state index contributed by atoms with van der Waals surface area (Å²) in [6.45, 7) is 4.68. The van der Waals surface area contributed by atoms with E-state index in [4.69, 9.17) is 0 Å². The van der Waals surface area contributed by atoms with E-state index in [2.05, 4.69) is 35.6 Å². The number of carbonyl (C=O) groups excluding carboxylic acids is 2. The number of aromatic nitrogens is 7. The third-order valence-electron chi connectivity index (χ3n) is 5.44. The number of carbonyl (C=O) groups is 2. The molecule has 11 heteroatoms. The molecule has 30 heavy (non-hydrogen) atoms. The Labute approximate surface area is 171 Å². The van der Waals surface area contributed by atoms with Gasteiger partial charge in [0.1, 0.15) is 5.69 Å². The van der Waals surface area contributed by atoms with Gasteiger partial charge in [-0.3, -0.25) is 19.5 Å². The Hall–Kier alpha value is -3.76. The summed E-state index contributed by atoms with van der Waals surface area (Å²) in [5.74, 6) is 1.13. The van der Waals surface area contributed by atoms with Gasteiger partial charge in [0.05, 0.1) is 18.4 Å². The Kier molecular flexibility index (Phi) is 4.23. The van der Waals surface area contributed by atoms with E-state index >= 15 is 0 Å². The van der Waals surface area contributed by atoms with Gasteiger partial charge in [0, 0.05) is 42.3 Å². The van der Waals surface area contributed by atoms with Crippen LogP contribution in [0.15, 0.2) is 24.8 Å². The van der Waals surface area contributed by atoms with Crippen molar-refractivity contribution in [3.63, 3.8) is 0 Å². The SMILES string of the molecule is Cc1nc(N2C[C@H]3C[C@H]3C2=O)ncc1Cn1cc(NC(=O)c2nccnc2C)nn1. The van der Waals surface area contributed by atoms with Gasteiger partial charge >= 0.3 is 0 Å². The van der Waals surface area contributed by atoms with Crippen molar-refractivity contribution in [3.8, 4) is 0 Å². The van der Waals surface area contributed by atoms with Crippen LogP contribution in [0.25, 0.3) is 0 Å². The smallest absolute Gasteiger partial charge is 0.277 e. The van der Waals surface area contributed by atoms with Gasteiger partial charge in [0.25, 0.3) is 5.91 Å². The van der Waals surface area contributed by atoms with Crippen molar-refractivity contribution in [1.82, 2.24) is 34.9 Å². The third kappa shape index (κ3) is 3.27. The van der Waals surface area contributed by atoms with Crippen molar-refractivity contribution in [2.24, 2.45) is 11.8 Å². The molecule has 1 aliphatic carbocycles.